The van der Waals surface area contributed by atoms with E-state index in [2.05, 4.69) is 0 Å². The second-order valence-corrected chi connectivity index (χ2v) is 6.29. The van der Waals surface area contributed by atoms with E-state index in [1.807, 2.05) is 13.8 Å². The Labute approximate surface area is 141 Å². The number of benzene rings is 1. The molecule has 0 aromatic heterocycles. The zero-order valence-electron chi connectivity index (χ0n) is 13.2. The summed E-state index contributed by atoms with van der Waals surface area (Å²) < 4.78 is 49.9. The molecule has 1 aliphatic rings. The molecule has 132 valence electrons. The van der Waals surface area contributed by atoms with Gasteiger partial charge in [-0.3, -0.25) is 0 Å². The molecule has 4 nitrogen and oxygen atoms in total. The van der Waals surface area contributed by atoms with E-state index in [1.54, 1.807) is 0 Å². The van der Waals surface area contributed by atoms with Crippen LogP contribution in [-0.2, 0) is 4.79 Å². The predicted molar refractivity (Wildman–Crippen MR) is 82.6 cm³/mol. The van der Waals surface area contributed by atoms with Crippen LogP contribution in [0.4, 0.5) is 13.2 Å². The maximum atomic E-state index is 13.1. The average molecular weight is 365 g/mol. The van der Waals surface area contributed by atoms with Crippen LogP contribution in [0.3, 0.4) is 0 Å². The van der Waals surface area contributed by atoms with Gasteiger partial charge < -0.3 is 14.6 Å². The van der Waals surface area contributed by atoms with E-state index in [0.717, 1.165) is 6.08 Å². The zero-order chi connectivity index (χ0) is 18.2. The van der Waals surface area contributed by atoms with Crippen LogP contribution in [0, 0.1) is 12.8 Å². The van der Waals surface area contributed by atoms with E-state index in [4.69, 9.17) is 26.2 Å². The number of aliphatic carboxylic acids is 1. The lowest BCUT2D eigenvalue weighted by molar-refractivity contribution is -0.187. The van der Waals surface area contributed by atoms with Crippen LogP contribution in [0.5, 0.6) is 11.5 Å². The van der Waals surface area contributed by atoms with Crippen LogP contribution >= 0.6 is 11.6 Å². The minimum absolute atomic E-state index is 0.0783. The summed E-state index contributed by atoms with van der Waals surface area (Å²) in [6.07, 6.45) is -6.46. The van der Waals surface area contributed by atoms with Gasteiger partial charge in [-0.2, -0.15) is 13.2 Å². The van der Waals surface area contributed by atoms with Crippen molar-refractivity contribution in [2.24, 2.45) is 5.92 Å². The molecule has 0 radical (unpaired) electrons. The lowest BCUT2D eigenvalue weighted by Crippen LogP contribution is -2.40. The Balaban J connectivity index is 2.54. The lowest BCUT2D eigenvalue weighted by Gasteiger charge is -2.29. The first-order valence-corrected chi connectivity index (χ1v) is 7.54. The van der Waals surface area contributed by atoms with Crippen molar-refractivity contribution in [3.05, 3.63) is 27.8 Å². The molecule has 2 rings (SSSR count). The van der Waals surface area contributed by atoms with Gasteiger partial charge in [-0.15, -0.1) is 0 Å². The summed E-state index contributed by atoms with van der Waals surface area (Å²) >= 11 is 6.12. The van der Waals surface area contributed by atoms with Crippen molar-refractivity contribution in [1.29, 1.82) is 0 Å². The summed E-state index contributed by atoms with van der Waals surface area (Å²) in [6.45, 7) is 5.69. The fourth-order valence-corrected chi connectivity index (χ4v) is 2.61. The molecule has 1 aromatic carbocycles. The van der Waals surface area contributed by atoms with Crippen LogP contribution in [0.1, 0.15) is 25.0 Å². The summed E-state index contributed by atoms with van der Waals surface area (Å²) in [5.41, 5.74) is -0.415. The third-order valence-electron chi connectivity index (χ3n) is 3.38. The molecule has 24 heavy (non-hydrogen) atoms. The van der Waals surface area contributed by atoms with E-state index in [0.29, 0.717) is 12.2 Å². The minimum Gasteiger partial charge on any atom is -0.491 e. The van der Waals surface area contributed by atoms with Crippen LogP contribution in [0.2, 0.25) is 5.02 Å². The highest BCUT2D eigenvalue weighted by atomic mass is 35.5. The number of carbonyl (C=O) groups is 1. The first-order valence-electron chi connectivity index (χ1n) is 7.16. The van der Waals surface area contributed by atoms with E-state index >= 15 is 0 Å². The Kier molecular flexibility index (Phi) is 5.03. The molecular formula is C16H16ClF3O4. The highest BCUT2D eigenvalue weighted by Crippen LogP contribution is 2.44. The van der Waals surface area contributed by atoms with Crippen molar-refractivity contribution in [1.82, 2.24) is 0 Å². The van der Waals surface area contributed by atoms with Gasteiger partial charge in [-0.25, -0.2) is 4.79 Å². The van der Waals surface area contributed by atoms with E-state index in [9.17, 15) is 18.0 Å². The molecule has 1 aliphatic heterocycles. The van der Waals surface area contributed by atoms with Crippen molar-refractivity contribution >= 4 is 23.6 Å². The number of hydrogen-bond acceptors (Lipinski definition) is 3. The van der Waals surface area contributed by atoms with Gasteiger partial charge in [0.25, 0.3) is 0 Å². The first kappa shape index (κ1) is 18.4. The normalized spacial score (nSPS) is 17.2. The number of fused-ring (bicyclic) bond motifs is 1. The predicted octanol–water partition coefficient (Wildman–Crippen LogP) is 4.47. The van der Waals surface area contributed by atoms with Gasteiger partial charge in [-0.1, -0.05) is 25.4 Å². The summed E-state index contributed by atoms with van der Waals surface area (Å²) in [4.78, 5) is 11.1. The Bertz CT molecular complexity index is 696. The number of halogens is 4. The third kappa shape index (κ3) is 3.61. The topological polar surface area (TPSA) is 55.8 Å². The first-order chi connectivity index (χ1) is 11.0. The second kappa shape index (κ2) is 6.55. The van der Waals surface area contributed by atoms with Gasteiger partial charge in [0.05, 0.1) is 17.2 Å². The maximum absolute atomic E-state index is 13.1. The highest BCUT2D eigenvalue weighted by molar-refractivity contribution is 6.32. The fourth-order valence-electron chi connectivity index (χ4n) is 2.30. The number of carboxylic acid groups (broad SMARTS) is 1. The largest absolute Gasteiger partial charge is 0.491 e. The Morgan fingerprint density at radius 2 is 2.08 bits per heavy atom. The molecule has 0 aliphatic carbocycles. The quantitative estimate of drug-likeness (QED) is 0.856. The number of alkyl halides is 3. The van der Waals surface area contributed by atoms with Gasteiger partial charge in [0.1, 0.15) is 11.5 Å². The number of carboxylic acids is 1. The van der Waals surface area contributed by atoms with Crippen LogP contribution < -0.4 is 9.47 Å². The molecule has 0 spiro atoms. The Morgan fingerprint density at radius 3 is 2.58 bits per heavy atom. The molecule has 1 N–H and O–H groups in total. The summed E-state index contributed by atoms with van der Waals surface area (Å²) in [7, 11) is 0. The molecule has 1 atom stereocenters. The summed E-state index contributed by atoms with van der Waals surface area (Å²) in [6, 6.07) is 1.34. The molecule has 0 bridgehead atoms. The van der Waals surface area contributed by atoms with Gasteiger partial charge in [0.2, 0.25) is 6.10 Å². The van der Waals surface area contributed by atoms with Crippen LogP contribution in [-0.4, -0.2) is 30.0 Å². The molecule has 1 aromatic rings. The smallest absolute Gasteiger partial charge is 0.430 e. The Hall–Kier alpha value is -1.89. The van der Waals surface area contributed by atoms with Crippen molar-refractivity contribution in [2.45, 2.75) is 33.1 Å². The van der Waals surface area contributed by atoms with Crippen molar-refractivity contribution in [2.75, 3.05) is 6.61 Å². The highest BCUT2D eigenvalue weighted by Gasteiger charge is 2.48. The van der Waals surface area contributed by atoms with E-state index in [1.165, 1.54) is 13.0 Å². The van der Waals surface area contributed by atoms with Gasteiger partial charge in [-0.05, 0) is 25.0 Å². The molecule has 0 saturated heterocycles. The van der Waals surface area contributed by atoms with E-state index in [-0.39, 0.29) is 28.0 Å². The fraction of sp³-hybridized carbons (Fsp3) is 0.438. The lowest BCUT2D eigenvalue weighted by atomic mass is 9.98. The molecule has 1 unspecified atom stereocenters. The summed E-state index contributed by atoms with van der Waals surface area (Å²) in [5, 5.41) is 9.21. The monoisotopic (exact) mass is 364 g/mol. The minimum atomic E-state index is -4.85. The second-order valence-electron chi connectivity index (χ2n) is 5.88. The van der Waals surface area contributed by atoms with Crippen LogP contribution in [0.15, 0.2) is 11.6 Å². The molecule has 0 amide bonds. The van der Waals surface area contributed by atoms with Crippen molar-refractivity contribution in [3.8, 4) is 11.5 Å². The molecule has 0 fully saturated rings. The van der Waals surface area contributed by atoms with Crippen LogP contribution in [0.25, 0.3) is 6.08 Å². The van der Waals surface area contributed by atoms with Gasteiger partial charge >= 0.3 is 12.1 Å². The zero-order valence-corrected chi connectivity index (χ0v) is 14.0. The molecule has 0 saturated carbocycles. The average Bonchev–Trinajstić information content (AvgIpc) is 2.44. The molecule has 8 heteroatoms. The van der Waals surface area contributed by atoms with E-state index < -0.39 is 23.8 Å². The van der Waals surface area contributed by atoms with Gasteiger partial charge in [0.15, 0.2) is 0 Å². The standard InChI is InChI=1S/C16H16ClF3O4/c1-7(2)6-23-13-8(3)12-9(5-11(13)17)4-10(15(21)22)14(24-12)16(18,19)20/h4-5,7,14H,6H2,1-3H3,(H,21,22). The SMILES string of the molecule is Cc1c(OCC(C)C)c(Cl)cc2c1OC(C(F)(F)F)C(C(=O)O)=C2. The Morgan fingerprint density at radius 1 is 1.46 bits per heavy atom. The van der Waals surface area contributed by atoms with Gasteiger partial charge in [0, 0.05) is 11.1 Å². The third-order valence-corrected chi connectivity index (χ3v) is 3.66. The van der Waals surface area contributed by atoms with Crippen molar-refractivity contribution < 1.29 is 32.5 Å². The number of hydrogen-bond donors (Lipinski definition) is 1. The van der Waals surface area contributed by atoms with Crippen molar-refractivity contribution in [3.63, 3.8) is 0 Å². The number of rotatable bonds is 4. The molecule has 1 heterocycles. The molecular weight excluding hydrogens is 349 g/mol. The summed E-state index contributed by atoms with van der Waals surface area (Å²) in [5.74, 6) is -1.35. The maximum Gasteiger partial charge on any atom is 0.430 e. The number of ether oxygens (including phenoxy) is 2.